The van der Waals surface area contributed by atoms with Gasteiger partial charge in [-0.1, -0.05) is 6.07 Å². The Morgan fingerprint density at radius 1 is 1.37 bits per heavy atom. The summed E-state index contributed by atoms with van der Waals surface area (Å²) in [4.78, 5) is -0.271. The fourth-order valence-electron chi connectivity index (χ4n) is 2.17. The van der Waals surface area contributed by atoms with E-state index >= 15 is 0 Å². The van der Waals surface area contributed by atoms with Crippen LogP contribution in [0.3, 0.4) is 0 Å². The van der Waals surface area contributed by atoms with E-state index in [2.05, 4.69) is 10.2 Å². The van der Waals surface area contributed by atoms with Crippen LogP contribution in [-0.4, -0.2) is 24.9 Å². The molecule has 2 aromatic rings. The van der Waals surface area contributed by atoms with Gasteiger partial charge >= 0.3 is 0 Å². The third-order valence-electron chi connectivity index (χ3n) is 3.28. The Morgan fingerprint density at radius 3 is 2.68 bits per heavy atom. The minimum absolute atomic E-state index is 0.271. The number of halogens is 1. The van der Waals surface area contributed by atoms with Gasteiger partial charge in [0.1, 0.15) is 10.7 Å². The predicted molar refractivity (Wildman–Crippen MR) is 69.1 cm³/mol. The predicted octanol–water partition coefficient (Wildman–Crippen LogP) is 2.50. The van der Waals surface area contributed by atoms with Gasteiger partial charge < -0.3 is 0 Å². The molecule has 1 aromatic carbocycles. The largest absolute Gasteiger partial charge is 0.285 e. The maximum absolute atomic E-state index is 13.9. The fraction of sp³-hybridized carbons (Fsp3) is 0.308. The molecule has 0 bridgehead atoms. The summed E-state index contributed by atoms with van der Waals surface area (Å²) in [5.41, 5.74) is 2.44. The lowest BCUT2D eigenvalue weighted by atomic mass is 10.0. The molecule has 1 heterocycles. The highest BCUT2D eigenvalue weighted by molar-refractivity contribution is 7.90. The standard InChI is InChI=1S/C13H13FN2O2S/c1-19(17,18)12-5-4-9(6-11(12)14)10-7-15-16-13(10)8-2-3-8/h4-8H,2-3H2,1H3,(H,15,16). The third-order valence-corrected chi connectivity index (χ3v) is 4.41. The van der Waals surface area contributed by atoms with Gasteiger partial charge in [0, 0.05) is 23.9 Å². The molecule has 1 aliphatic carbocycles. The van der Waals surface area contributed by atoms with E-state index in [9.17, 15) is 12.8 Å². The maximum atomic E-state index is 13.9. The summed E-state index contributed by atoms with van der Waals surface area (Å²) in [6, 6.07) is 4.19. The zero-order chi connectivity index (χ0) is 13.6. The highest BCUT2D eigenvalue weighted by atomic mass is 32.2. The topological polar surface area (TPSA) is 62.8 Å². The van der Waals surface area contributed by atoms with Crippen molar-refractivity contribution in [2.24, 2.45) is 0 Å². The molecule has 1 fully saturated rings. The van der Waals surface area contributed by atoms with Crippen molar-refractivity contribution in [1.82, 2.24) is 10.2 Å². The summed E-state index contributed by atoms with van der Waals surface area (Å²) in [5.74, 6) is -0.276. The van der Waals surface area contributed by atoms with Crippen molar-refractivity contribution < 1.29 is 12.8 Å². The van der Waals surface area contributed by atoms with Crippen molar-refractivity contribution in [2.75, 3.05) is 6.26 Å². The van der Waals surface area contributed by atoms with E-state index in [1.54, 1.807) is 12.3 Å². The molecule has 1 aromatic heterocycles. The molecule has 0 radical (unpaired) electrons. The number of H-pyrrole nitrogens is 1. The summed E-state index contributed by atoms with van der Waals surface area (Å²) >= 11 is 0. The van der Waals surface area contributed by atoms with Crippen LogP contribution in [0, 0.1) is 5.82 Å². The minimum atomic E-state index is -3.53. The number of nitrogens with zero attached hydrogens (tertiary/aromatic N) is 1. The number of aromatic amines is 1. The smallest absolute Gasteiger partial charge is 0.178 e. The molecular weight excluding hydrogens is 267 g/mol. The Balaban J connectivity index is 2.07. The lowest BCUT2D eigenvalue weighted by Gasteiger charge is -2.05. The number of sulfone groups is 1. The Hall–Kier alpha value is -1.69. The molecule has 19 heavy (non-hydrogen) atoms. The second-order valence-electron chi connectivity index (χ2n) is 4.88. The molecule has 1 N–H and O–H groups in total. The van der Waals surface area contributed by atoms with Crippen molar-refractivity contribution in [3.05, 3.63) is 35.9 Å². The Morgan fingerprint density at radius 2 is 2.11 bits per heavy atom. The summed E-state index contributed by atoms with van der Waals surface area (Å²) < 4.78 is 36.6. The van der Waals surface area contributed by atoms with E-state index in [1.807, 2.05) is 0 Å². The average molecular weight is 280 g/mol. The number of rotatable bonds is 3. The zero-order valence-corrected chi connectivity index (χ0v) is 11.2. The fourth-order valence-corrected chi connectivity index (χ4v) is 2.90. The van der Waals surface area contributed by atoms with Crippen molar-refractivity contribution in [1.29, 1.82) is 0 Å². The van der Waals surface area contributed by atoms with Crippen molar-refractivity contribution >= 4 is 9.84 Å². The van der Waals surface area contributed by atoms with Gasteiger partial charge in [-0.15, -0.1) is 0 Å². The quantitative estimate of drug-likeness (QED) is 0.939. The zero-order valence-electron chi connectivity index (χ0n) is 10.4. The van der Waals surface area contributed by atoms with E-state index in [4.69, 9.17) is 0 Å². The van der Waals surface area contributed by atoms with Crippen molar-refractivity contribution in [3.8, 4) is 11.1 Å². The number of hydrogen-bond donors (Lipinski definition) is 1. The first-order valence-electron chi connectivity index (χ1n) is 6.00. The molecule has 3 rings (SSSR count). The van der Waals surface area contributed by atoms with Crippen LogP contribution in [0.1, 0.15) is 24.5 Å². The number of aromatic nitrogens is 2. The Labute approximate surface area is 110 Å². The van der Waals surface area contributed by atoms with Gasteiger partial charge in [-0.25, -0.2) is 12.8 Å². The van der Waals surface area contributed by atoms with E-state index in [1.165, 1.54) is 12.1 Å². The monoisotopic (exact) mass is 280 g/mol. The van der Waals surface area contributed by atoms with Crippen molar-refractivity contribution in [3.63, 3.8) is 0 Å². The third kappa shape index (κ3) is 2.28. The number of benzene rings is 1. The molecule has 1 saturated carbocycles. The summed E-state index contributed by atoms with van der Waals surface area (Å²) in [6.45, 7) is 0. The lowest BCUT2D eigenvalue weighted by Crippen LogP contribution is -2.00. The van der Waals surface area contributed by atoms with Crippen LogP contribution in [0.4, 0.5) is 4.39 Å². The van der Waals surface area contributed by atoms with Crippen LogP contribution in [-0.2, 0) is 9.84 Å². The summed E-state index contributed by atoms with van der Waals surface area (Å²) in [7, 11) is -3.53. The summed E-state index contributed by atoms with van der Waals surface area (Å²) in [5, 5.41) is 6.98. The molecular formula is C13H13FN2O2S. The molecule has 1 aliphatic rings. The van der Waals surface area contributed by atoms with Crippen molar-refractivity contribution in [2.45, 2.75) is 23.7 Å². The first kappa shape index (κ1) is 12.3. The van der Waals surface area contributed by atoms with Gasteiger partial charge in [0.2, 0.25) is 0 Å². The molecule has 0 atom stereocenters. The number of nitrogens with one attached hydrogen (secondary N) is 1. The van der Waals surface area contributed by atoms with Gasteiger partial charge in [-0.3, -0.25) is 5.10 Å². The summed E-state index contributed by atoms with van der Waals surface area (Å²) in [6.07, 6.45) is 4.92. The molecule has 0 saturated heterocycles. The van der Waals surface area contributed by atoms with Gasteiger partial charge in [0.15, 0.2) is 9.84 Å². The molecule has 0 aliphatic heterocycles. The highest BCUT2D eigenvalue weighted by Crippen LogP contribution is 2.43. The van der Waals surface area contributed by atoms with Crippen LogP contribution in [0.25, 0.3) is 11.1 Å². The van der Waals surface area contributed by atoms with E-state index < -0.39 is 15.7 Å². The molecule has 0 spiro atoms. The van der Waals surface area contributed by atoms with Gasteiger partial charge in [0.25, 0.3) is 0 Å². The Bertz CT molecular complexity index is 733. The normalized spacial score (nSPS) is 15.7. The van der Waals surface area contributed by atoms with Gasteiger partial charge in [-0.2, -0.15) is 5.10 Å². The van der Waals surface area contributed by atoms with Gasteiger partial charge in [0.05, 0.1) is 5.69 Å². The Kier molecular flexibility index (Phi) is 2.70. The number of hydrogen-bond acceptors (Lipinski definition) is 3. The minimum Gasteiger partial charge on any atom is -0.285 e. The average Bonchev–Trinajstić information content (AvgIpc) is 3.05. The van der Waals surface area contributed by atoms with Crippen LogP contribution < -0.4 is 0 Å². The van der Waals surface area contributed by atoms with Crippen LogP contribution in [0.2, 0.25) is 0 Å². The van der Waals surface area contributed by atoms with Crippen LogP contribution in [0.15, 0.2) is 29.3 Å². The SMILES string of the molecule is CS(=O)(=O)c1ccc(-c2c[nH]nc2C2CC2)cc1F. The first-order valence-corrected chi connectivity index (χ1v) is 7.89. The van der Waals surface area contributed by atoms with Crippen LogP contribution >= 0.6 is 0 Å². The molecule has 6 heteroatoms. The molecule has 100 valence electrons. The van der Waals surface area contributed by atoms with E-state index in [-0.39, 0.29) is 4.90 Å². The van der Waals surface area contributed by atoms with E-state index in [0.717, 1.165) is 30.4 Å². The van der Waals surface area contributed by atoms with Gasteiger partial charge in [-0.05, 0) is 30.5 Å². The second kappa shape index (κ2) is 4.16. The van der Waals surface area contributed by atoms with E-state index in [0.29, 0.717) is 11.5 Å². The molecule has 0 unspecified atom stereocenters. The molecule has 4 nitrogen and oxygen atoms in total. The second-order valence-corrected chi connectivity index (χ2v) is 6.86. The lowest BCUT2D eigenvalue weighted by molar-refractivity contribution is 0.571. The first-order chi connectivity index (χ1) is 8.97. The molecule has 0 amide bonds. The van der Waals surface area contributed by atoms with Crippen LogP contribution in [0.5, 0.6) is 0 Å². The maximum Gasteiger partial charge on any atom is 0.178 e. The highest BCUT2D eigenvalue weighted by Gasteiger charge is 2.29.